The number of amides is 1. The van der Waals surface area contributed by atoms with Crippen LogP contribution in [0, 0.1) is 11.8 Å². The zero-order valence-corrected chi connectivity index (χ0v) is 13.4. The van der Waals surface area contributed by atoms with E-state index in [-0.39, 0.29) is 17.9 Å². The summed E-state index contributed by atoms with van der Waals surface area (Å²) in [5.74, 6) is 0.930. The van der Waals surface area contributed by atoms with E-state index in [2.05, 4.69) is 43.5 Å². The van der Waals surface area contributed by atoms with Crippen molar-refractivity contribution < 1.29 is 4.79 Å². The largest absolute Gasteiger partial charge is 0.349 e. The lowest BCUT2D eigenvalue weighted by Gasteiger charge is -2.29. The summed E-state index contributed by atoms with van der Waals surface area (Å²) in [6.45, 7) is 7.51. The summed E-state index contributed by atoms with van der Waals surface area (Å²) in [7, 11) is 0. The highest BCUT2D eigenvalue weighted by Gasteiger charge is 2.26. The van der Waals surface area contributed by atoms with Crippen LogP contribution in [0.3, 0.4) is 0 Å². The van der Waals surface area contributed by atoms with E-state index in [1.165, 1.54) is 5.56 Å². The van der Waals surface area contributed by atoms with E-state index in [0.717, 1.165) is 25.8 Å². The van der Waals surface area contributed by atoms with Gasteiger partial charge in [0.2, 0.25) is 5.91 Å². The summed E-state index contributed by atoms with van der Waals surface area (Å²) in [5, 5.41) is 6.69. The summed E-state index contributed by atoms with van der Waals surface area (Å²) in [6, 6.07) is 10.9. The SMILES string of the molecule is CC(C)CC(NC(=O)C1CCNC(C)C1)c1ccccc1. The van der Waals surface area contributed by atoms with Gasteiger partial charge >= 0.3 is 0 Å². The van der Waals surface area contributed by atoms with Crippen molar-refractivity contribution in [3.05, 3.63) is 35.9 Å². The van der Waals surface area contributed by atoms with E-state index in [1.54, 1.807) is 0 Å². The lowest BCUT2D eigenvalue weighted by atomic mass is 9.91. The molecular formula is C18H28N2O. The van der Waals surface area contributed by atoms with Crippen LogP contribution < -0.4 is 10.6 Å². The van der Waals surface area contributed by atoms with Crippen molar-refractivity contribution in [3.63, 3.8) is 0 Å². The molecule has 2 rings (SSSR count). The molecule has 1 heterocycles. The Morgan fingerprint density at radius 3 is 2.67 bits per heavy atom. The number of hydrogen-bond acceptors (Lipinski definition) is 2. The summed E-state index contributed by atoms with van der Waals surface area (Å²) in [4.78, 5) is 12.6. The summed E-state index contributed by atoms with van der Waals surface area (Å²) in [6.07, 6.45) is 2.87. The zero-order valence-electron chi connectivity index (χ0n) is 13.4. The highest BCUT2D eigenvalue weighted by molar-refractivity contribution is 5.79. The molecule has 1 aromatic rings. The van der Waals surface area contributed by atoms with Gasteiger partial charge in [0, 0.05) is 12.0 Å². The third kappa shape index (κ3) is 4.85. The van der Waals surface area contributed by atoms with E-state index in [9.17, 15) is 4.79 Å². The van der Waals surface area contributed by atoms with Crippen LogP contribution in [-0.2, 0) is 4.79 Å². The number of hydrogen-bond donors (Lipinski definition) is 2. The molecular weight excluding hydrogens is 260 g/mol. The van der Waals surface area contributed by atoms with Crippen molar-refractivity contribution >= 4 is 5.91 Å². The molecule has 1 aromatic carbocycles. The molecule has 0 spiro atoms. The number of nitrogens with one attached hydrogen (secondary N) is 2. The molecule has 1 amide bonds. The van der Waals surface area contributed by atoms with Crippen molar-refractivity contribution in [1.29, 1.82) is 0 Å². The first-order valence-corrected chi connectivity index (χ1v) is 8.15. The van der Waals surface area contributed by atoms with Gasteiger partial charge in [0.05, 0.1) is 6.04 Å². The summed E-state index contributed by atoms with van der Waals surface area (Å²) < 4.78 is 0. The second-order valence-corrected chi connectivity index (χ2v) is 6.68. The Morgan fingerprint density at radius 2 is 2.05 bits per heavy atom. The Labute approximate surface area is 128 Å². The zero-order chi connectivity index (χ0) is 15.2. The Hall–Kier alpha value is -1.35. The van der Waals surface area contributed by atoms with Gasteiger partial charge in [-0.25, -0.2) is 0 Å². The lowest BCUT2D eigenvalue weighted by molar-refractivity contribution is -0.127. The fraction of sp³-hybridized carbons (Fsp3) is 0.611. The number of rotatable bonds is 5. The Kier molecular flexibility index (Phi) is 5.80. The van der Waals surface area contributed by atoms with Gasteiger partial charge in [-0.2, -0.15) is 0 Å². The second-order valence-electron chi connectivity index (χ2n) is 6.68. The van der Waals surface area contributed by atoms with Crippen molar-refractivity contribution in [2.24, 2.45) is 11.8 Å². The molecule has 3 nitrogen and oxygen atoms in total. The molecule has 0 radical (unpaired) electrons. The molecule has 21 heavy (non-hydrogen) atoms. The van der Waals surface area contributed by atoms with Crippen LogP contribution in [0.15, 0.2) is 30.3 Å². The van der Waals surface area contributed by atoms with Crippen LogP contribution in [-0.4, -0.2) is 18.5 Å². The third-order valence-corrected chi connectivity index (χ3v) is 4.22. The standard InChI is InChI=1S/C18H28N2O/c1-13(2)11-17(15-7-5-4-6-8-15)20-18(21)16-9-10-19-14(3)12-16/h4-8,13-14,16-17,19H,9-12H2,1-3H3,(H,20,21). The number of carbonyl (C=O) groups excluding carboxylic acids is 1. The number of piperidine rings is 1. The molecule has 3 heteroatoms. The third-order valence-electron chi connectivity index (χ3n) is 4.22. The first-order valence-electron chi connectivity index (χ1n) is 8.15. The molecule has 2 N–H and O–H groups in total. The smallest absolute Gasteiger partial charge is 0.223 e. The highest BCUT2D eigenvalue weighted by atomic mass is 16.1. The highest BCUT2D eigenvalue weighted by Crippen LogP contribution is 2.23. The molecule has 1 aliphatic heterocycles. The molecule has 3 atom stereocenters. The second kappa shape index (κ2) is 7.60. The fourth-order valence-corrected chi connectivity index (χ4v) is 3.09. The van der Waals surface area contributed by atoms with E-state index in [4.69, 9.17) is 0 Å². The summed E-state index contributed by atoms with van der Waals surface area (Å²) >= 11 is 0. The quantitative estimate of drug-likeness (QED) is 0.873. The minimum atomic E-state index is 0.129. The van der Waals surface area contributed by atoms with Crippen LogP contribution in [0.2, 0.25) is 0 Å². The van der Waals surface area contributed by atoms with Crippen LogP contribution in [0.25, 0.3) is 0 Å². The van der Waals surface area contributed by atoms with Gasteiger partial charge in [-0.05, 0) is 44.2 Å². The molecule has 1 fully saturated rings. The van der Waals surface area contributed by atoms with E-state index < -0.39 is 0 Å². The molecule has 3 unspecified atom stereocenters. The van der Waals surface area contributed by atoms with Crippen molar-refractivity contribution in [2.75, 3.05) is 6.54 Å². The van der Waals surface area contributed by atoms with E-state index in [0.29, 0.717) is 12.0 Å². The predicted octanol–water partition coefficient (Wildman–Crippen LogP) is 3.28. The maximum Gasteiger partial charge on any atom is 0.223 e. The van der Waals surface area contributed by atoms with Crippen LogP contribution in [0.5, 0.6) is 0 Å². The predicted molar refractivity (Wildman–Crippen MR) is 87.0 cm³/mol. The minimum Gasteiger partial charge on any atom is -0.349 e. The molecule has 0 aromatic heterocycles. The van der Waals surface area contributed by atoms with Gasteiger partial charge in [0.1, 0.15) is 0 Å². The minimum absolute atomic E-state index is 0.129. The molecule has 1 saturated heterocycles. The maximum absolute atomic E-state index is 12.6. The van der Waals surface area contributed by atoms with Crippen molar-refractivity contribution in [1.82, 2.24) is 10.6 Å². The molecule has 0 bridgehead atoms. The molecule has 1 aliphatic rings. The molecule has 0 saturated carbocycles. The van der Waals surface area contributed by atoms with Crippen LogP contribution in [0.1, 0.15) is 51.6 Å². The van der Waals surface area contributed by atoms with Crippen LogP contribution >= 0.6 is 0 Å². The fourth-order valence-electron chi connectivity index (χ4n) is 3.09. The maximum atomic E-state index is 12.6. The first-order chi connectivity index (χ1) is 10.1. The monoisotopic (exact) mass is 288 g/mol. The molecule has 0 aliphatic carbocycles. The van der Waals surface area contributed by atoms with Gasteiger partial charge < -0.3 is 10.6 Å². The van der Waals surface area contributed by atoms with Gasteiger partial charge in [-0.3, -0.25) is 4.79 Å². The van der Waals surface area contributed by atoms with E-state index >= 15 is 0 Å². The first kappa shape index (κ1) is 16.0. The van der Waals surface area contributed by atoms with Gasteiger partial charge in [0.25, 0.3) is 0 Å². The Morgan fingerprint density at radius 1 is 1.33 bits per heavy atom. The Bertz CT molecular complexity index is 444. The van der Waals surface area contributed by atoms with Gasteiger partial charge in [-0.1, -0.05) is 44.2 Å². The number of benzene rings is 1. The van der Waals surface area contributed by atoms with E-state index in [1.807, 2.05) is 18.2 Å². The topological polar surface area (TPSA) is 41.1 Å². The van der Waals surface area contributed by atoms with Crippen molar-refractivity contribution in [3.8, 4) is 0 Å². The normalized spacial score (nSPS) is 23.8. The van der Waals surface area contributed by atoms with Gasteiger partial charge in [0.15, 0.2) is 0 Å². The van der Waals surface area contributed by atoms with Crippen molar-refractivity contribution in [2.45, 2.75) is 52.1 Å². The average molecular weight is 288 g/mol. The molecule has 116 valence electrons. The Balaban J connectivity index is 2.02. The summed E-state index contributed by atoms with van der Waals surface area (Å²) in [5.41, 5.74) is 1.21. The lowest BCUT2D eigenvalue weighted by Crippen LogP contribution is -2.43. The van der Waals surface area contributed by atoms with Crippen LogP contribution in [0.4, 0.5) is 0 Å². The average Bonchev–Trinajstić information content (AvgIpc) is 2.47. The number of carbonyl (C=O) groups is 1. The van der Waals surface area contributed by atoms with Gasteiger partial charge in [-0.15, -0.1) is 0 Å².